The molecule has 0 aliphatic rings. The largest absolute Gasteiger partial charge is 0.454 e. The molecule has 6 heteroatoms. The third kappa shape index (κ3) is 7.78. The van der Waals surface area contributed by atoms with Gasteiger partial charge in [-0.1, -0.05) is 178 Å². The maximum atomic E-state index is 6.34. The van der Waals surface area contributed by atoms with Gasteiger partial charge in [-0.2, -0.15) is 53.6 Å². The van der Waals surface area contributed by atoms with Gasteiger partial charge < -0.3 is 13.6 Å². The standard InChI is InChI=1S/C65H46N4O.Pt/c1-65(2,3)49-23-15-22-48(38-49)52-27-16-26-51(46-20-8-5-9-21-46)64(52)68-42-67(58-29-12-13-30-59(58)68)50-24-14-17-43(36-50)35-44-31-33-54-53-25-10-11-28-57(53)69(60(54)37-44)63-40-56-55-39-47(45-18-6-4-7-19-45)32-34-61(55)70-62(56)41-66-63;/h4-34,38-41H,35H2,1-3H3;/q-2;. The fraction of sp³-hybridized carbons (Fsp3) is 0.0769. The summed E-state index contributed by atoms with van der Waals surface area (Å²) < 4.78 is 13.0. The van der Waals surface area contributed by atoms with Gasteiger partial charge in [-0.3, -0.25) is 4.57 Å². The number of rotatable bonds is 8. The Kier molecular flexibility index (Phi) is 11.0. The molecule has 0 aliphatic carbocycles. The molecule has 13 rings (SSSR count). The van der Waals surface area contributed by atoms with Gasteiger partial charge in [0.1, 0.15) is 11.4 Å². The van der Waals surface area contributed by atoms with Gasteiger partial charge in [-0.15, -0.1) is 5.39 Å². The molecule has 0 saturated heterocycles. The second-order valence-electron chi connectivity index (χ2n) is 19.2. The van der Waals surface area contributed by atoms with E-state index in [4.69, 9.17) is 9.40 Å². The molecule has 0 saturated carbocycles. The van der Waals surface area contributed by atoms with E-state index in [1.807, 2.05) is 12.3 Å². The molecule has 0 atom stereocenters. The molecule has 4 aromatic heterocycles. The normalized spacial score (nSPS) is 11.8. The van der Waals surface area contributed by atoms with Crippen molar-refractivity contribution in [1.29, 1.82) is 0 Å². The molecule has 0 fully saturated rings. The van der Waals surface area contributed by atoms with Gasteiger partial charge in [0.2, 0.25) is 0 Å². The first-order chi connectivity index (χ1) is 34.3. The van der Waals surface area contributed by atoms with E-state index in [1.54, 1.807) is 0 Å². The zero-order valence-electron chi connectivity index (χ0n) is 39.4. The van der Waals surface area contributed by atoms with Crippen molar-refractivity contribution in [2.45, 2.75) is 32.6 Å². The minimum atomic E-state index is 0. The van der Waals surface area contributed by atoms with Crippen LogP contribution >= 0.6 is 0 Å². The van der Waals surface area contributed by atoms with Crippen molar-refractivity contribution in [2.24, 2.45) is 0 Å². The summed E-state index contributed by atoms with van der Waals surface area (Å²) in [5, 5.41) is 4.37. The van der Waals surface area contributed by atoms with Gasteiger partial charge in [-0.05, 0) is 86.1 Å². The summed E-state index contributed by atoms with van der Waals surface area (Å²) in [7, 11) is 0. The zero-order chi connectivity index (χ0) is 46.9. The molecule has 4 heterocycles. The number of nitrogens with zero attached hydrogens (tertiary/aromatic N) is 4. The average Bonchev–Trinajstić information content (AvgIpc) is 4.08. The molecule has 0 unspecified atom stereocenters. The van der Waals surface area contributed by atoms with E-state index in [-0.39, 0.29) is 26.5 Å². The fourth-order valence-corrected chi connectivity index (χ4v) is 10.2. The molecule has 0 amide bonds. The Balaban J connectivity index is 0.00000517. The van der Waals surface area contributed by atoms with Crippen LogP contribution in [0.25, 0.3) is 105 Å². The van der Waals surface area contributed by atoms with E-state index in [0.29, 0.717) is 6.42 Å². The Bertz CT molecular complexity index is 4140. The van der Waals surface area contributed by atoms with Crippen LogP contribution < -0.4 is 4.57 Å². The van der Waals surface area contributed by atoms with E-state index in [0.717, 1.165) is 105 Å². The van der Waals surface area contributed by atoms with Gasteiger partial charge in [0.15, 0.2) is 5.58 Å². The second kappa shape index (κ2) is 17.7. The van der Waals surface area contributed by atoms with E-state index in [9.17, 15) is 0 Å². The van der Waals surface area contributed by atoms with Crippen LogP contribution in [0.3, 0.4) is 0 Å². The van der Waals surface area contributed by atoms with Crippen molar-refractivity contribution < 1.29 is 30.0 Å². The van der Waals surface area contributed by atoms with Crippen LogP contribution in [-0.2, 0) is 32.9 Å². The fourth-order valence-electron chi connectivity index (χ4n) is 10.2. The predicted molar refractivity (Wildman–Crippen MR) is 285 cm³/mol. The first-order valence-corrected chi connectivity index (χ1v) is 23.9. The molecule has 9 aromatic carbocycles. The first-order valence-electron chi connectivity index (χ1n) is 23.9. The molecule has 0 bridgehead atoms. The van der Waals surface area contributed by atoms with Gasteiger partial charge in [0.05, 0.1) is 22.9 Å². The maximum absolute atomic E-state index is 6.34. The van der Waals surface area contributed by atoms with E-state index >= 15 is 0 Å². The third-order valence-corrected chi connectivity index (χ3v) is 13.7. The molecule has 5 nitrogen and oxygen atoms in total. The minimum absolute atomic E-state index is 0. The van der Waals surface area contributed by atoms with Crippen molar-refractivity contribution in [3.8, 4) is 50.6 Å². The Morgan fingerprint density at radius 1 is 0.521 bits per heavy atom. The summed E-state index contributed by atoms with van der Waals surface area (Å²) in [6.07, 6.45) is 6.35. The number of hydrogen-bond donors (Lipinski definition) is 0. The number of benzene rings is 9. The van der Waals surface area contributed by atoms with Gasteiger partial charge in [0, 0.05) is 37.4 Å². The number of imidazole rings is 1. The average molecular weight is 1090 g/mol. The van der Waals surface area contributed by atoms with Crippen molar-refractivity contribution in [3.63, 3.8) is 0 Å². The van der Waals surface area contributed by atoms with Crippen LogP contribution in [-0.4, -0.2) is 14.1 Å². The van der Waals surface area contributed by atoms with E-state index in [1.165, 1.54) is 16.7 Å². The van der Waals surface area contributed by atoms with Crippen molar-refractivity contribution in [1.82, 2.24) is 14.1 Å². The quantitative estimate of drug-likeness (QED) is 0.112. The monoisotopic (exact) mass is 1090 g/mol. The molecule has 0 aliphatic heterocycles. The van der Waals surface area contributed by atoms with Crippen LogP contribution in [0.2, 0.25) is 0 Å². The van der Waals surface area contributed by atoms with Crippen LogP contribution in [0, 0.1) is 18.5 Å². The number of hydrogen-bond acceptors (Lipinski definition) is 2. The van der Waals surface area contributed by atoms with E-state index in [2.05, 4.69) is 253 Å². The van der Waals surface area contributed by atoms with E-state index < -0.39 is 0 Å². The molecule has 0 N–H and O–H groups in total. The number of fused-ring (bicyclic) bond motifs is 7. The third-order valence-electron chi connectivity index (χ3n) is 13.7. The summed E-state index contributed by atoms with van der Waals surface area (Å²) in [5.74, 6) is 0.815. The maximum Gasteiger partial charge on any atom is 0.268 e. The Morgan fingerprint density at radius 3 is 2.01 bits per heavy atom. The Morgan fingerprint density at radius 2 is 1.20 bits per heavy atom. The van der Waals surface area contributed by atoms with Crippen LogP contribution in [0.1, 0.15) is 37.5 Å². The summed E-state index contributed by atoms with van der Waals surface area (Å²) in [6.45, 7) is 6.81. The van der Waals surface area contributed by atoms with Crippen LogP contribution in [0.15, 0.2) is 217 Å². The first kappa shape index (κ1) is 44.1. The second-order valence-corrected chi connectivity index (χ2v) is 19.2. The van der Waals surface area contributed by atoms with Gasteiger partial charge in [0.25, 0.3) is 6.33 Å². The number of para-hydroxylation sites is 4. The van der Waals surface area contributed by atoms with Crippen molar-refractivity contribution in [3.05, 3.63) is 248 Å². The SMILES string of the molecule is CC(C)(C)c1cccc(-c2cccc(-c3ccccc3)c2-[n+]2[c-]n(-c3[c-]c(Cc4[c-]c5c(cc4)c4ccccc4n5-c4cc5c(cn4)oc4ccc(-c6ccccc6)cc45)ccc3)c3ccccc32)c1.[Pt]. The summed E-state index contributed by atoms with van der Waals surface area (Å²) in [4.78, 5) is 5.03. The molecule has 71 heavy (non-hydrogen) atoms. The Labute approximate surface area is 427 Å². The van der Waals surface area contributed by atoms with Gasteiger partial charge in [-0.25, -0.2) is 4.98 Å². The molecule has 13 aromatic rings. The molecule has 0 radical (unpaired) electrons. The summed E-state index contributed by atoms with van der Waals surface area (Å²) in [6, 6.07) is 81.0. The number of pyridine rings is 1. The predicted octanol–water partition coefficient (Wildman–Crippen LogP) is 15.6. The topological polar surface area (TPSA) is 39.8 Å². The van der Waals surface area contributed by atoms with Crippen molar-refractivity contribution in [2.75, 3.05) is 0 Å². The number of furan rings is 1. The molecular weight excluding hydrogens is 1050 g/mol. The molecule has 344 valence electrons. The van der Waals surface area contributed by atoms with Crippen LogP contribution in [0.4, 0.5) is 0 Å². The summed E-state index contributed by atoms with van der Waals surface area (Å²) >= 11 is 0. The minimum Gasteiger partial charge on any atom is -0.454 e. The zero-order valence-corrected chi connectivity index (χ0v) is 41.7. The molecular formula is C65H46N4OPt-2. The summed E-state index contributed by atoms with van der Waals surface area (Å²) in [5.41, 5.74) is 18.0. The Hall–Kier alpha value is -8.11. The molecule has 0 spiro atoms. The number of aromatic nitrogens is 4. The van der Waals surface area contributed by atoms with Crippen LogP contribution in [0.5, 0.6) is 0 Å². The smallest absolute Gasteiger partial charge is 0.268 e. The van der Waals surface area contributed by atoms with Crippen molar-refractivity contribution >= 4 is 54.8 Å². The van der Waals surface area contributed by atoms with Gasteiger partial charge >= 0.3 is 0 Å².